The maximum absolute atomic E-state index is 6.21. The van der Waals surface area contributed by atoms with Gasteiger partial charge in [-0.1, -0.05) is 19.1 Å². The molecule has 2 heterocycles. The molecule has 17 heavy (non-hydrogen) atoms. The van der Waals surface area contributed by atoms with Gasteiger partial charge in [0.15, 0.2) is 0 Å². The Labute approximate surface area is 101 Å². The SMILES string of the molecule is CCc1cccnc1C(N)c1cccnc1N. The molecule has 0 aromatic carbocycles. The molecule has 2 rings (SSSR count). The van der Waals surface area contributed by atoms with Gasteiger partial charge in [0.1, 0.15) is 5.82 Å². The lowest BCUT2D eigenvalue weighted by Crippen LogP contribution is -2.17. The molecule has 4 N–H and O–H groups in total. The summed E-state index contributed by atoms with van der Waals surface area (Å²) in [5, 5.41) is 0. The maximum atomic E-state index is 6.21. The molecule has 2 aromatic heterocycles. The Balaban J connectivity index is 2.44. The Bertz CT molecular complexity index is 510. The monoisotopic (exact) mass is 228 g/mol. The fraction of sp³-hybridized carbons (Fsp3) is 0.231. The Morgan fingerprint density at radius 1 is 1.18 bits per heavy atom. The first-order valence-corrected chi connectivity index (χ1v) is 5.63. The molecule has 4 heteroatoms. The molecule has 0 radical (unpaired) electrons. The summed E-state index contributed by atoms with van der Waals surface area (Å²) in [5.41, 5.74) is 14.9. The third kappa shape index (κ3) is 2.26. The van der Waals surface area contributed by atoms with Crippen LogP contribution in [0.4, 0.5) is 5.82 Å². The Morgan fingerprint density at radius 3 is 2.59 bits per heavy atom. The number of hydrogen-bond donors (Lipinski definition) is 2. The topological polar surface area (TPSA) is 77.8 Å². The first kappa shape index (κ1) is 11.5. The van der Waals surface area contributed by atoms with Crippen molar-refractivity contribution in [2.45, 2.75) is 19.4 Å². The van der Waals surface area contributed by atoms with Gasteiger partial charge in [-0.3, -0.25) is 4.98 Å². The van der Waals surface area contributed by atoms with Gasteiger partial charge in [-0.05, 0) is 24.1 Å². The minimum atomic E-state index is -0.320. The lowest BCUT2D eigenvalue weighted by molar-refractivity contribution is 0.804. The smallest absolute Gasteiger partial charge is 0.128 e. The van der Waals surface area contributed by atoms with Gasteiger partial charge >= 0.3 is 0 Å². The summed E-state index contributed by atoms with van der Waals surface area (Å²) in [6, 6.07) is 7.36. The summed E-state index contributed by atoms with van der Waals surface area (Å²) in [7, 11) is 0. The van der Waals surface area contributed by atoms with Gasteiger partial charge in [0, 0.05) is 18.0 Å². The van der Waals surface area contributed by atoms with Gasteiger partial charge in [-0.25, -0.2) is 4.98 Å². The molecule has 0 bridgehead atoms. The van der Waals surface area contributed by atoms with E-state index in [2.05, 4.69) is 16.9 Å². The second-order valence-corrected chi connectivity index (χ2v) is 3.86. The molecule has 2 aromatic rings. The highest BCUT2D eigenvalue weighted by molar-refractivity contribution is 5.45. The van der Waals surface area contributed by atoms with E-state index in [1.54, 1.807) is 12.4 Å². The van der Waals surface area contributed by atoms with Crippen LogP contribution in [-0.4, -0.2) is 9.97 Å². The van der Waals surface area contributed by atoms with E-state index in [0.29, 0.717) is 5.82 Å². The normalized spacial score (nSPS) is 12.4. The third-order valence-corrected chi connectivity index (χ3v) is 2.81. The van der Waals surface area contributed by atoms with Crippen molar-refractivity contribution >= 4 is 5.82 Å². The summed E-state index contributed by atoms with van der Waals surface area (Å²) in [6.07, 6.45) is 4.31. The van der Waals surface area contributed by atoms with Gasteiger partial charge in [0.2, 0.25) is 0 Å². The molecular weight excluding hydrogens is 212 g/mol. The van der Waals surface area contributed by atoms with Crippen LogP contribution in [0.15, 0.2) is 36.7 Å². The van der Waals surface area contributed by atoms with Gasteiger partial charge in [-0.15, -0.1) is 0 Å². The lowest BCUT2D eigenvalue weighted by atomic mass is 9.99. The van der Waals surface area contributed by atoms with Crippen LogP contribution >= 0.6 is 0 Å². The van der Waals surface area contributed by atoms with Crippen LogP contribution in [0.1, 0.15) is 29.8 Å². The van der Waals surface area contributed by atoms with Crippen molar-refractivity contribution in [1.82, 2.24) is 9.97 Å². The zero-order valence-corrected chi connectivity index (χ0v) is 9.80. The average molecular weight is 228 g/mol. The van der Waals surface area contributed by atoms with Gasteiger partial charge < -0.3 is 11.5 Å². The standard InChI is InChI=1S/C13H16N4/c1-2-9-5-3-7-16-12(9)11(14)10-6-4-8-17-13(10)15/h3-8,11H,2,14H2,1H3,(H2,15,17). The maximum Gasteiger partial charge on any atom is 0.128 e. The molecule has 0 saturated carbocycles. The highest BCUT2D eigenvalue weighted by Crippen LogP contribution is 2.24. The Hall–Kier alpha value is -1.94. The zero-order chi connectivity index (χ0) is 12.3. The van der Waals surface area contributed by atoms with E-state index in [1.807, 2.05) is 24.3 Å². The number of nitrogens with two attached hydrogens (primary N) is 2. The second kappa shape index (κ2) is 4.93. The first-order valence-electron chi connectivity index (χ1n) is 5.63. The van der Waals surface area contributed by atoms with Gasteiger partial charge in [0.05, 0.1) is 11.7 Å². The van der Waals surface area contributed by atoms with Crippen LogP contribution in [0.2, 0.25) is 0 Å². The fourth-order valence-electron chi connectivity index (χ4n) is 1.87. The molecule has 0 aliphatic rings. The fourth-order valence-corrected chi connectivity index (χ4v) is 1.87. The van der Waals surface area contributed by atoms with E-state index in [-0.39, 0.29) is 6.04 Å². The quantitative estimate of drug-likeness (QED) is 0.837. The summed E-state index contributed by atoms with van der Waals surface area (Å²) in [6.45, 7) is 2.08. The van der Waals surface area contributed by atoms with E-state index in [9.17, 15) is 0 Å². The minimum absolute atomic E-state index is 0.320. The molecule has 1 atom stereocenters. The number of nitrogens with zero attached hydrogens (tertiary/aromatic N) is 2. The van der Waals surface area contributed by atoms with Crippen LogP contribution in [0.5, 0.6) is 0 Å². The molecule has 0 aliphatic carbocycles. The molecule has 0 amide bonds. The number of pyridine rings is 2. The van der Waals surface area contributed by atoms with Crippen molar-refractivity contribution in [2.24, 2.45) is 5.73 Å². The van der Waals surface area contributed by atoms with E-state index in [0.717, 1.165) is 23.2 Å². The van der Waals surface area contributed by atoms with Gasteiger partial charge in [-0.2, -0.15) is 0 Å². The zero-order valence-electron chi connectivity index (χ0n) is 9.80. The van der Waals surface area contributed by atoms with Crippen molar-refractivity contribution < 1.29 is 0 Å². The molecule has 4 nitrogen and oxygen atoms in total. The minimum Gasteiger partial charge on any atom is -0.383 e. The number of anilines is 1. The number of aromatic nitrogens is 2. The summed E-state index contributed by atoms with van der Waals surface area (Å²) < 4.78 is 0. The Kier molecular flexibility index (Phi) is 3.35. The number of aryl methyl sites for hydroxylation is 1. The Morgan fingerprint density at radius 2 is 1.88 bits per heavy atom. The number of hydrogen-bond acceptors (Lipinski definition) is 4. The van der Waals surface area contributed by atoms with Crippen molar-refractivity contribution in [1.29, 1.82) is 0 Å². The molecule has 0 saturated heterocycles. The number of nitrogen functional groups attached to an aromatic ring is 1. The van der Waals surface area contributed by atoms with Crippen LogP contribution in [-0.2, 0) is 6.42 Å². The van der Waals surface area contributed by atoms with Crippen LogP contribution in [0, 0.1) is 0 Å². The van der Waals surface area contributed by atoms with Crippen LogP contribution in [0.25, 0.3) is 0 Å². The van der Waals surface area contributed by atoms with E-state index in [4.69, 9.17) is 11.5 Å². The third-order valence-electron chi connectivity index (χ3n) is 2.81. The molecule has 0 aliphatic heterocycles. The summed E-state index contributed by atoms with van der Waals surface area (Å²) in [4.78, 5) is 8.41. The molecule has 0 fully saturated rings. The number of rotatable bonds is 3. The highest BCUT2D eigenvalue weighted by atomic mass is 14.9. The van der Waals surface area contributed by atoms with Crippen LogP contribution in [0.3, 0.4) is 0 Å². The molecular formula is C13H16N4. The molecule has 1 unspecified atom stereocenters. The molecule has 0 spiro atoms. The summed E-state index contributed by atoms with van der Waals surface area (Å²) in [5.74, 6) is 0.465. The van der Waals surface area contributed by atoms with Crippen molar-refractivity contribution in [3.63, 3.8) is 0 Å². The van der Waals surface area contributed by atoms with E-state index >= 15 is 0 Å². The van der Waals surface area contributed by atoms with Crippen LogP contribution < -0.4 is 11.5 Å². The van der Waals surface area contributed by atoms with Crippen molar-refractivity contribution in [2.75, 3.05) is 5.73 Å². The average Bonchev–Trinajstić information content (AvgIpc) is 2.38. The van der Waals surface area contributed by atoms with E-state index in [1.165, 1.54) is 0 Å². The molecule has 88 valence electrons. The second-order valence-electron chi connectivity index (χ2n) is 3.86. The van der Waals surface area contributed by atoms with Crippen molar-refractivity contribution in [3.8, 4) is 0 Å². The first-order chi connectivity index (χ1) is 8.24. The largest absolute Gasteiger partial charge is 0.383 e. The van der Waals surface area contributed by atoms with Gasteiger partial charge in [0.25, 0.3) is 0 Å². The highest BCUT2D eigenvalue weighted by Gasteiger charge is 2.16. The predicted molar refractivity (Wildman–Crippen MR) is 68.3 cm³/mol. The lowest BCUT2D eigenvalue weighted by Gasteiger charge is -2.15. The van der Waals surface area contributed by atoms with Crippen molar-refractivity contribution in [3.05, 3.63) is 53.5 Å². The summed E-state index contributed by atoms with van der Waals surface area (Å²) >= 11 is 0. The predicted octanol–water partition coefficient (Wildman–Crippen LogP) is 1.67. The van der Waals surface area contributed by atoms with E-state index < -0.39 is 0 Å².